The number of hydrogen-bond donors (Lipinski definition) is 8. The van der Waals surface area contributed by atoms with Gasteiger partial charge < -0.3 is 45.6 Å². The molecule has 2 atom stereocenters. The molecule has 1 aliphatic heterocycles. The number of hydrogen-bond acceptors (Lipinski definition) is 10. The van der Waals surface area contributed by atoms with Gasteiger partial charge in [0.2, 0.25) is 5.76 Å². The molecule has 1 heterocycles. The van der Waals surface area contributed by atoms with Crippen LogP contribution in [-0.4, -0.2) is 90.8 Å². The Kier molecular flexibility index (Phi) is 22.2. The lowest BCUT2D eigenvalue weighted by Crippen LogP contribution is -2.31. The maximum atomic E-state index is 10.5. The first-order valence-corrected chi connectivity index (χ1v) is 11.4. The summed E-state index contributed by atoms with van der Waals surface area (Å²) in [5.74, 6) is -4.26. The summed E-state index contributed by atoms with van der Waals surface area (Å²) in [7, 11) is 0. The lowest BCUT2D eigenvalue weighted by molar-refractivity contribution is -0.147. The van der Waals surface area contributed by atoms with Crippen LogP contribution >= 0.6 is 0 Å². The van der Waals surface area contributed by atoms with Gasteiger partial charge in [0.15, 0.2) is 11.9 Å². The molecule has 0 aromatic rings. The molecule has 0 fully saturated rings. The highest BCUT2D eigenvalue weighted by Gasteiger charge is 2.38. The van der Waals surface area contributed by atoms with Crippen molar-refractivity contribution in [2.45, 2.75) is 89.3 Å². The first-order valence-electron chi connectivity index (χ1n) is 11.4. The number of ether oxygens (including phenoxy) is 1. The van der Waals surface area contributed by atoms with Gasteiger partial charge in [-0.15, -0.1) is 0 Å². The number of carbonyl (C=O) groups excluding carboxylic acids is 1. The second-order valence-corrected chi connectivity index (χ2v) is 7.58. The first-order chi connectivity index (χ1) is 16.1. The van der Waals surface area contributed by atoms with Crippen LogP contribution in [0.3, 0.4) is 0 Å². The molecule has 0 bridgehead atoms. The lowest BCUT2D eigenvalue weighted by Gasteiger charge is -2.13. The molecule has 12 heteroatoms. The summed E-state index contributed by atoms with van der Waals surface area (Å²) in [6.45, 7) is -0.105. The van der Waals surface area contributed by atoms with E-state index >= 15 is 0 Å². The molecule has 0 aliphatic carbocycles. The van der Waals surface area contributed by atoms with Crippen molar-refractivity contribution in [2.24, 2.45) is 0 Å². The molecule has 1 aliphatic rings. The highest BCUT2D eigenvalue weighted by atomic mass is 16.6. The van der Waals surface area contributed by atoms with Gasteiger partial charge in [0, 0.05) is 26.1 Å². The van der Waals surface area contributed by atoms with Crippen molar-refractivity contribution in [3.63, 3.8) is 0 Å². The van der Waals surface area contributed by atoms with E-state index in [4.69, 9.17) is 40.9 Å². The van der Waals surface area contributed by atoms with Crippen LogP contribution in [-0.2, 0) is 19.1 Å². The Labute approximate surface area is 199 Å². The summed E-state index contributed by atoms with van der Waals surface area (Å²) in [6.07, 6.45) is 6.88. The Morgan fingerprint density at radius 1 is 0.735 bits per heavy atom. The molecule has 0 aromatic heterocycles. The molecule has 0 radical (unpaired) electrons. The van der Waals surface area contributed by atoms with Gasteiger partial charge in [-0.1, -0.05) is 38.5 Å². The molecule has 0 aromatic carbocycles. The zero-order valence-electron chi connectivity index (χ0n) is 19.5. The van der Waals surface area contributed by atoms with Crippen molar-refractivity contribution >= 4 is 17.9 Å². The van der Waals surface area contributed by atoms with Crippen molar-refractivity contribution in [1.29, 1.82) is 0 Å². The number of unbranched alkanes of at least 4 members (excludes halogenated alkanes) is 8. The van der Waals surface area contributed by atoms with E-state index in [0.717, 1.165) is 64.2 Å². The number of aliphatic hydroxyl groups is 6. The van der Waals surface area contributed by atoms with Crippen LogP contribution in [0.5, 0.6) is 0 Å². The molecule has 1 rings (SSSR count). The number of cyclic esters (lactones) is 1. The van der Waals surface area contributed by atoms with Crippen LogP contribution < -0.4 is 0 Å². The third-order valence-electron chi connectivity index (χ3n) is 4.57. The molecule has 34 heavy (non-hydrogen) atoms. The average Bonchev–Trinajstić information content (AvgIpc) is 3.06. The maximum absolute atomic E-state index is 10.5. The minimum Gasteiger partial charge on any atom is -0.505 e. The SMILES string of the molecule is O=C(O)CCCCCCCCC(=O)O.O=C1O[C@H]([C@@H](O)CO)C(O)=C1O.OCCCCCCO. The average molecular weight is 497 g/mol. The van der Waals surface area contributed by atoms with E-state index in [1.807, 2.05) is 0 Å². The number of aliphatic carboxylic acids is 2. The summed E-state index contributed by atoms with van der Waals surface area (Å²) in [4.78, 5) is 30.8. The Hall–Kier alpha value is -2.41. The van der Waals surface area contributed by atoms with Gasteiger partial charge in [0.25, 0.3) is 0 Å². The van der Waals surface area contributed by atoms with Crippen LogP contribution in [0.2, 0.25) is 0 Å². The van der Waals surface area contributed by atoms with Crippen molar-refractivity contribution in [2.75, 3.05) is 19.8 Å². The molecule has 0 spiro atoms. The first kappa shape index (κ1) is 33.8. The van der Waals surface area contributed by atoms with Crippen molar-refractivity contribution in [3.8, 4) is 0 Å². The van der Waals surface area contributed by atoms with E-state index in [2.05, 4.69) is 4.74 Å². The molecule has 0 unspecified atom stereocenters. The fourth-order valence-corrected chi connectivity index (χ4v) is 2.66. The number of aliphatic hydroxyl groups excluding tert-OH is 6. The fourth-order valence-electron chi connectivity index (χ4n) is 2.66. The number of carboxylic acids is 2. The third-order valence-corrected chi connectivity index (χ3v) is 4.57. The van der Waals surface area contributed by atoms with Gasteiger partial charge in [-0.05, 0) is 25.7 Å². The lowest BCUT2D eigenvalue weighted by atomic mass is 10.1. The van der Waals surface area contributed by atoms with Crippen LogP contribution in [0.25, 0.3) is 0 Å². The minimum absolute atomic E-state index is 0.245. The summed E-state index contributed by atoms with van der Waals surface area (Å²) in [5, 5.41) is 68.4. The number of rotatable bonds is 16. The fraction of sp³-hybridized carbons (Fsp3) is 0.773. The Balaban J connectivity index is 0. The summed E-state index contributed by atoms with van der Waals surface area (Å²) in [6, 6.07) is 0. The minimum atomic E-state index is -1.42. The molecule has 8 N–H and O–H groups in total. The van der Waals surface area contributed by atoms with Crippen molar-refractivity contribution in [3.05, 3.63) is 11.5 Å². The van der Waals surface area contributed by atoms with E-state index in [9.17, 15) is 14.4 Å². The maximum Gasteiger partial charge on any atom is 0.377 e. The van der Waals surface area contributed by atoms with Crippen LogP contribution in [0.15, 0.2) is 11.5 Å². The molecular formula is C22H40O12. The number of carboxylic acid groups (broad SMARTS) is 2. The van der Waals surface area contributed by atoms with Gasteiger partial charge in [-0.25, -0.2) is 4.79 Å². The van der Waals surface area contributed by atoms with Gasteiger partial charge >= 0.3 is 17.9 Å². The summed E-state index contributed by atoms with van der Waals surface area (Å²) >= 11 is 0. The smallest absolute Gasteiger partial charge is 0.377 e. The highest BCUT2D eigenvalue weighted by Crippen LogP contribution is 2.20. The van der Waals surface area contributed by atoms with Crippen molar-refractivity contribution in [1.82, 2.24) is 0 Å². The normalized spacial score (nSPS) is 15.5. The van der Waals surface area contributed by atoms with E-state index in [1.54, 1.807) is 0 Å². The van der Waals surface area contributed by atoms with Gasteiger partial charge in [0.1, 0.15) is 6.10 Å². The van der Waals surface area contributed by atoms with E-state index in [0.29, 0.717) is 0 Å². The van der Waals surface area contributed by atoms with E-state index in [-0.39, 0.29) is 26.1 Å². The van der Waals surface area contributed by atoms with E-state index < -0.39 is 48.2 Å². The molecule has 0 saturated heterocycles. The Morgan fingerprint density at radius 2 is 1.12 bits per heavy atom. The van der Waals surface area contributed by atoms with Crippen molar-refractivity contribution < 1.29 is 60.0 Å². The monoisotopic (exact) mass is 496 g/mol. The topological polar surface area (TPSA) is 222 Å². The molecule has 0 amide bonds. The van der Waals surface area contributed by atoms with Gasteiger partial charge in [-0.2, -0.15) is 0 Å². The zero-order valence-corrected chi connectivity index (χ0v) is 19.5. The number of carbonyl (C=O) groups is 3. The zero-order chi connectivity index (χ0) is 26.4. The third kappa shape index (κ3) is 19.1. The molecule has 200 valence electrons. The van der Waals surface area contributed by atoms with Crippen LogP contribution in [0.1, 0.15) is 77.0 Å². The largest absolute Gasteiger partial charge is 0.505 e. The second-order valence-electron chi connectivity index (χ2n) is 7.58. The Morgan fingerprint density at radius 3 is 1.41 bits per heavy atom. The quantitative estimate of drug-likeness (QED) is 0.112. The second kappa shape index (κ2) is 22.4. The van der Waals surface area contributed by atoms with E-state index in [1.165, 1.54) is 0 Å². The predicted octanol–water partition coefficient (Wildman–Crippen LogP) is 1.40. The van der Waals surface area contributed by atoms with Gasteiger partial charge in [-0.3, -0.25) is 9.59 Å². The Bertz CT molecular complexity index is 564. The highest BCUT2D eigenvalue weighted by molar-refractivity contribution is 5.89. The van der Waals surface area contributed by atoms with Crippen LogP contribution in [0, 0.1) is 0 Å². The predicted molar refractivity (Wildman–Crippen MR) is 120 cm³/mol. The molecular weight excluding hydrogens is 456 g/mol. The van der Waals surface area contributed by atoms with Crippen LogP contribution in [0.4, 0.5) is 0 Å². The number of esters is 1. The standard InChI is InChI=1S/C10H18O4.C6H8O6.C6H14O2/c11-9(12)7-5-3-1-2-4-6-8-10(13)14;7-1-2(8)5-3(9)4(10)6(11)12-5;7-5-3-1-2-4-6-8/h1-8H2,(H,11,12)(H,13,14);2,5,7-10H,1H2;7-8H,1-6H2/t;2-,5+;/m.0./s1. The molecule has 0 saturated carbocycles. The van der Waals surface area contributed by atoms with Gasteiger partial charge in [0.05, 0.1) is 6.61 Å². The summed E-state index contributed by atoms with van der Waals surface area (Å²) < 4.78 is 4.32. The summed E-state index contributed by atoms with van der Waals surface area (Å²) in [5.41, 5.74) is 0. The molecule has 12 nitrogen and oxygen atoms in total.